The lowest BCUT2D eigenvalue weighted by atomic mass is 10.2. The Morgan fingerprint density at radius 1 is 1.00 bits per heavy atom. The van der Waals surface area contributed by atoms with Crippen molar-refractivity contribution in [3.8, 4) is 0 Å². The van der Waals surface area contributed by atoms with Crippen LogP contribution in [0.2, 0.25) is 0 Å². The van der Waals surface area contributed by atoms with Gasteiger partial charge in [-0.25, -0.2) is 8.42 Å². The number of benzene rings is 2. The third-order valence-corrected chi connectivity index (χ3v) is 6.46. The third kappa shape index (κ3) is 4.38. The molecule has 132 valence electrons. The maximum atomic E-state index is 12.6. The van der Waals surface area contributed by atoms with E-state index in [1.165, 1.54) is 16.4 Å². The van der Waals surface area contributed by atoms with E-state index in [2.05, 4.69) is 27.9 Å². The Balaban J connectivity index is 1.71. The number of carbonyl (C=O) groups is 1. The van der Waals surface area contributed by atoms with Crippen molar-refractivity contribution >= 4 is 44.2 Å². The summed E-state index contributed by atoms with van der Waals surface area (Å²) in [5.41, 5.74) is 1.09. The Bertz CT molecular complexity index is 845. The minimum absolute atomic E-state index is 0.210. The SMILES string of the molecule is O=C(Nc1ccc(S(=O)(=O)N2CCOCC2)cc1)c1ccc(I)cc1. The van der Waals surface area contributed by atoms with Crippen LogP contribution in [-0.4, -0.2) is 44.9 Å². The molecule has 1 N–H and O–H groups in total. The van der Waals surface area contributed by atoms with Crippen LogP contribution < -0.4 is 5.32 Å². The first-order chi connectivity index (χ1) is 12.0. The van der Waals surface area contributed by atoms with Crippen molar-refractivity contribution in [1.29, 1.82) is 0 Å². The number of rotatable bonds is 4. The van der Waals surface area contributed by atoms with Crippen LogP contribution in [0.1, 0.15) is 10.4 Å². The lowest BCUT2D eigenvalue weighted by Crippen LogP contribution is -2.40. The molecule has 0 aromatic heterocycles. The molecule has 1 fully saturated rings. The monoisotopic (exact) mass is 472 g/mol. The number of nitrogens with one attached hydrogen (secondary N) is 1. The van der Waals surface area contributed by atoms with E-state index in [1.54, 1.807) is 24.3 Å². The molecule has 1 heterocycles. The molecule has 0 atom stereocenters. The largest absolute Gasteiger partial charge is 0.379 e. The van der Waals surface area contributed by atoms with Crippen LogP contribution in [-0.2, 0) is 14.8 Å². The van der Waals surface area contributed by atoms with E-state index < -0.39 is 10.0 Å². The van der Waals surface area contributed by atoms with Crippen LogP contribution in [0.25, 0.3) is 0 Å². The summed E-state index contributed by atoms with van der Waals surface area (Å²) >= 11 is 2.17. The van der Waals surface area contributed by atoms with E-state index in [0.29, 0.717) is 37.6 Å². The quantitative estimate of drug-likeness (QED) is 0.695. The number of hydrogen-bond donors (Lipinski definition) is 1. The summed E-state index contributed by atoms with van der Waals surface area (Å²) in [7, 11) is -3.52. The van der Waals surface area contributed by atoms with Crippen molar-refractivity contribution in [1.82, 2.24) is 4.31 Å². The third-order valence-electron chi connectivity index (χ3n) is 3.83. The Kier molecular flexibility index (Phi) is 5.72. The first kappa shape index (κ1) is 18.3. The zero-order chi connectivity index (χ0) is 17.9. The molecule has 3 rings (SSSR count). The van der Waals surface area contributed by atoms with Crippen molar-refractivity contribution in [2.45, 2.75) is 4.90 Å². The van der Waals surface area contributed by atoms with Crippen LogP contribution in [0.15, 0.2) is 53.4 Å². The van der Waals surface area contributed by atoms with Crippen molar-refractivity contribution < 1.29 is 17.9 Å². The van der Waals surface area contributed by atoms with Gasteiger partial charge in [0.15, 0.2) is 0 Å². The van der Waals surface area contributed by atoms with Crippen LogP contribution in [0.5, 0.6) is 0 Å². The summed E-state index contributed by atoms with van der Waals surface area (Å²) in [6.07, 6.45) is 0. The standard InChI is InChI=1S/C17H17IN2O4S/c18-14-3-1-13(2-4-14)17(21)19-15-5-7-16(8-6-15)25(22,23)20-9-11-24-12-10-20/h1-8H,9-12H2,(H,19,21). The van der Waals surface area contributed by atoms with E-state index in [1.807, 2.05) is 12.1 Å². The van der Waals surface area contributed by atoms with Crippen LogP contribution in [0.3, 0.4) is 0 Å². The Labute approximate surface area is 160 Å². The minimum Gasteiger partial charge on any atom is -0.379 e. The van der Waals surface area contributed by atoms with Gasteiger partial charge in [-0.1, -0.05) is 0 Å². The molecular formula is C17H17IN2O4S. The highest BCUT2D eigenvalue weighted by Gasteiger charge is 2.26. The van der Waals surface area contributed by atoms with Gasteiger partial charge in [-0.3, -0.25) is 4.79 Å². The summed E-state index contributed by atoms with van der Waals surface area (Å²) in [5.74, 6) is -0.236. The number of amides is 1. The van der Waals surface area contributed by atoms with Gasteiger partial charge < -0.3 is 10.1 Å². The fourth-order valence-corrected chi connectivity index (χ4v) is 4.22. The van der Waals surface area contributed by atoms with E-state index in [0.717, 1.165) is 3.57 Å². The predicted molar refractivity (Wildman–Crippen MR) is 103 cm³/mol. The molecule has 8 heteroatoms. The Hall–Kier alpha value is -1.49. The number of halogens is 1. The van der Waals surface area contributed by atoms with Crippen molar-refractivity contribution in [3.63, 3.8) is 0 Å². The molecular weight excluding hydrogens is 455 g/mol. The summed E-state index contributed by atoms with van der Waals surface area (Å²) in [6.45, 7) is 1.52. The molecule has 1 saturated heterocycles. The topological polar surface area (TPSA) is 75.7 Å². The number of sulfonamides is 1. The van der Waals surface area contributed by atoms with Crippen molar-refractivity contribution in [2.24, 2.45) is 0 Å². The molecule has 25 heavy (non-hydrogen) atoms. The highest BCUT2D eigenvalue weighted by molar-refractivity contribution is 14.1. The first-order valence-corrected chi connectivity index (χ1v) is 10.2. The number of nitrogens with zero attached hydrogens (tertiary/aromatic N) is 1. The highest BCUT2D eigenvalue weighted by Crippen LogP contribution is 2.20. The maximum absolute atomic E-state index is 12.6. The average Bonchev–Trinajstić information content (AvgIpc) is 2.63. The molecule has 1 aliphatic rings. The summed E-state index contributed by atoms with van der Waals surface area (Å²) in [4.78, 5) is 12.4. The lowest BCUT2D eigenvalue weighted by molar-refractivity contribution is 0.0730. The lowest BCUT2D eigenvalue weighted by Gasteiger charge is -2.26. The second kappa shape index (κ2) is 7.81. The van der Waals surface area contributed by atoms with Gasteiger partial charge in [-0.15, -0.1) is 0 Å². The molecule has 1 amide bonds. The second-order valence-corrected chi connectivity index (χ2v) is 8.69. The molecule has 0 spiro atoms. The fraction of sp³-hybridized carbons (Fsp3) is 0.235. The zero-order valence-electron chi connectivity index (χ0n) is 13.3. The molecule has 0 bridgehead atoms. The van der Waals surface area contributed by atoms with Crippen LogP contribution in [0, 0.1) is 3.57 Å². The van der Waals surface area contributed by atoms with E-state index in [4.69, 9.17) is 4.74 Å². The molecule has 0 aliphatic carbocycles. The van der Waals surface area contributed by atoms with Gasteiger partial charge in [0.25, 0.3) is 5.91 Å². The zero-order valence-corrected chi connectivity index (χ0v) is 16.3. The van der Waals surface area contributed by atoms with E-state index in [-0.39, 0.29) is 10.8 Å². The van der Waals surface area contributed by atoms with Gasteiger partial charge in [-0.05, 0) is 71.1 Å². The molecule has 0 unspecified atom stereocenters. The normalized spacial score (nSPS) is 15.7. The van der Waals surface area contributed by atoms with Crippen LogP contribution in [0.4, 0.5) is 5.69 Å². The first-order valence-electron chi connectivity index (χ1n) is 7.72. The molecule has 2 aromatic carbocycles. The maximum Gasteiger partial charge on any atom is 0.255 e. The van der Waals surface area contributed by atoms with Crippen molar-refractivity contribution in [3.05, 3.63) is 57.7 Å². The summed E-state index contributed by atoms with van der Waals surface area (Å²) in [5, 5.41) is 2.77. The minimum atomic E-state index is -3.52. The average molecular weight is 472 g/mol. The Morgan fingerprint density at radius 3 is 2.20 bits per heavy atom. The molecule has 2 aromatic rings. The van der Waals surface area contributed by atoms with Gasteiger partial charge in [-0.2, -0.15) is 4.31 Å². The predicted octanol–water partition coefficient (Wildman–Crippen LogP) is 2.56. The van der Waals surface area contributed by atoms with Gasteiger partial charge in [0.1, 0.15) is 0 Å². The number of morpholine rings is 1. The van der Waals surface area contributed by atoms with Crippen molar-refractivity contribution in [2.75, 3.05) is 31.6 Å². The van der Waals surface area contributed by atoms with Gasteiger partial charge in [0.05, 0.1) is 18.1 Å². The fourth-order valence-electron chi connectivity index (χ4n) is 2.45. The highest BCUT2D eigenvalue weighted by atomic mass is 127. The summed E-state index contributed by atoms with van der Waals surface area (Å²) in [6, 6.07) is 13.4. The number of anilines is 1. The molecule has 6 nitrogen and oxygen atoms in total. The van der Waals surface area contributed by atoms with Gasteiger partial charge >= 0.3 is 0 Å². The van der Waals surface area contributed by atoms with E-state index in [9.17, 15) is 13.2 Å². The van der Waals surface area contributed by atoms with E-state index >= 15 is 0 Å². The van der Waals surface area contributed by atoms with Gasteiger partial charge in [0.2, 0.25) is 10.0 Å². The summed E-state index contributed by atoms with van der Waals surface area (Å²) < 4.78 is 32.8. The number of hydrogen-bond acceptors (Lipinski definition) is 4. The smallest absolute Gasteiger partial charge is 0.255 e. The van der Waals surface area contributed by atoms with Gasteiger partial charge in [0, 0.05) is 27.9 Å². The Morgan fingerprint density at radius 2 is 1.60 bits per heavy atom. The van der Waals surface area contributed by atoms with Crippen LogP contribution >= 0.6 is 22.6 Å². The molecule has 0 saturated carbocycles. The molecule has 0 radical (unpaired) electrons. The molecule has 1 aliphatic heterocycles. The second-order valence-electron chi connectivity index (χ2n) is 5.50. The number of carbonyl (C=O) groups excluding carboxylic acids is 1. The number of ether oxygens (including phenoxy) is 1.